The molecule has 0 amide bonds. The largest absolute Gasteiger partial charge is 0.367 e. The van der Waals surface area contributed by atoms with Crippen molar-refractivity contribution in [2.24, 2.45) is 0 Å². The maximum Gasteiger partial charge on any atom is 0.137 e. The fourth-order valence-electron chi connectivity index (χ4n) is 2.46. The molecule has 5 heteroatoms. The van der Waals surface area contributed by atoms with E-state index in [-0.39, 0.29) is 5.41 Å². The van der Waals surface area contributed by atoms with Gasteiger partial charge in [-0.1, -0.05) is 32.4 Å². The number of nitrogens with one attached hydrogen (secondary N) is 1. The zero-order valence-corrected chi connectivity index (χ0v) is 13.8. The number of nitrogens with zero attached hydrogens (tertiary/aromatic N) is 3. The van der Waals surface area contributed by atoms with Gasteiger partial charge in [0.2, 0.25) is 0 Å². The molecule has 1 aromatic rings. The first-order valence-electron chi connectivity index (χ1n) is 7.27. The molecular weight excluding hydrogens is 272 g/mol. The minimum atomic E-state index is -0.0958. The molecule has 4 nitrogen and oxygen atoms in total. The molecule has 2 unspecified atom stereocenters. The van der Waals surface area contributed by atoms with Gasteiger partial charge in [0.05, 0.1) is 0 Å². The summed E-state index contributed by atoms with van der Waals surface area (Å²) in [5.74, 6) is 1.63. The highest BCUT2D eigenvalue weighted by Crippen LogP contribution is 2.24. The van der Waals surface area contributed by atoms with E-state index in [1.54, 1.807) is 0 Å². The zero-order valence-electron chi connectivity index (χ0n) is 13.1. The van der Waals surface area contributed by atoms with E-state index in [1.165, 1.54) is 0 Å². The summed E-state index contributed by atoms with van der Waals surface area (Å²) < 4.78 is 0. The Hall–Kier alpha value is -0.870. The van der Waals surface area contributed by atoms with Gasteiger partial charge in [-0.3, -0.25) is 0 Å². The van der Waals surface area contributed by atoms with Crippen molar-refractivity contribution < 1.29 is 0 Å². The third-order valence-corrected chi connectivity index (χ3v) is 4.12. The minimum absolute atomic E-state index is 0.0958. The maximum atomic E-state index is 6.13. The molecule has 2 heterocycles. The van der Waals surface area contributed by atoms with E-state index in [0.29, 0.717) is 17.2 Å². The van der Waals surface area contributed by atoms with Crippen molar-refractivity contribution in [3.63, 3.8) is 0 Å². The Labute approximate surface area is 126 Å². The number of rotatable bonds is 2. The second-order valence-electron chi connectivity index (χ2n) is 6.84. The van der Waals surface area contributed by atoms with Crippen LogP contribution in [0.4, 0.5) is 5.82 Å². The van der Waals surface area contributed by atoms with Gasteiger partial charge in [-0.05, 0) is 26.8 Å². The highest BCUT2D eigenvalue weighted by atomic mass is 35.5. The molecule has 1 aromatic heterocycles. The van der Waals surface area contributed by atoms with Crippen LogP contribution < -0.4 is 5.32 Å². The number of hydrogen-bond acceptors (Lipinski definition) is 4. The summed E-state index contributed by atoms with van der Waals surface area (Å²) >= 11 is 6.13. The van der Waals surface area contributed by atoms with Crippen LogP contribution in [-0.4, -0.2) is 40.5 Å². The third-order valence-electron chi connectivity index (χ3n) is 3.93. The van der Waals surface area contributed by atoms with E-state index in [0.717, 1.165) is 31.0 Å². The molecule has 112 valence electrons. The molecule has 2 atom stereocenters. The lowest BCUT2D eigenvalue weighted by molar-refractivity contribution is 0.190. The topological polar surface area (TPSA) is 41.1 Å². The van der Waals surface area contributed by atoms with Crippen molar-refractivity contribution >= 4 is 17.4 Å². The lowest BCUT2D eigenvalue weighted by Gasteiger charge is -2.35. The molecule has 1 aliphatic rings. The number of aromatic nitrogens is 2. The van der Waals surface area contributed by atoms with Gasteiger partial charge < -0.3 is 10.2 Å². The summed E-state index contributed by atoms with van der Waals surface area (Å²) in [6.07, 6.45) is 2.26. The summed E-state index contributed by atoms with van der Waals surface area (Å²) in [7, 11) is 2.18. The quantitative estimate of drug-likeness (QED) is 0.850. The second-order valence-corrected chi connectivity index (χ2v) is 7.23. The lowest BCUT2D eigenvalue weighted by Crippen LogP contribution is -2.42. The van der Waals surface area contributed by atoms with Crippen LogP contribution in [0, 0.1) is 0 Å². The average molecular weight is 297 g/mol. The van der Waals surface area contributed by atoms with Gasteiger partial charge in [0.15, 0.2) is 0 Å². The highest BCUT2D eigenvalue weighted by Gasteiger charge is 2.24. The van der Waals surface area contributed by atoms with E-state index in [2.05, 4.69) is 54.9 Å². The predicted octanol–water partition coefficient (Wildman–Crippen LogP) is 3.32. The van der Waals surface area contributed by atoms with E-state index in [9.17, 15) is 0 Å². The molecular formula is C15H25ClN4. The molecule has 0 radical (unpaired) electrons. The van der Waals surface area contributed by atoms with Crippen molar-refractivity contribution in [1.29, 1.82) is 0 Å². The smallest absolute Gasteiger partial charge is 0.137 e. The second kappa shape index (κ2) is 5.86. The SMILES string of the molecule is CC1CC(Nc2cc(Cl)nc(C(C)(C)C)n2)CCN1C. The van der Waals surface area contributed by atoms with Crippen LogP contribution in [0.3, 0.4) is 0 Å². The number of hydrogen-bond donors (Lipinski definition) is 1. The van der Waals surface area contributed by atoms with Crippen LogP contribution >= 0.6 is 11.6 Å². The van der Waals surface area contributed by atoms with Gasteiger partial charge >= 0.3 is 0 Å². The molecule has 0 bridgehead atoms. The van der Waals surface area contributed by atoms with Crippen LogP contribution in [0.1, 0.15) is 46.4 Å². The Balaban J connectivity index is 2.12. The van der Waals surface area contributed by atoms with E-state index < -0.39 is 0 Å². The first-order valence-corrected chi connectivity index (χ1v) is 7.65. The highest BCUT2D eigenvalue weighted by molar-refractivity contribution is 6.29. The van der Waals surface area contributed by atoms with Gasteiger partial charge in [-0.25, -0.2) is 9.97 Å². The molecule has 20 heavy (non-hydrogen) atoms. The molecule has 0 spiro atoms. The van der Waals surface area contributed by atoms with Gasteiger partial charge in [0.25, 0.3) is 0 Å². The van der Waals surface area contributed by atoms with Crippen LogP contribution in [0.25, 0.3) is 0 Å². The first-order chi connectivity index (χ1) is 9.25. The Morgan fingerprint density at radius 2 is 2.05 bits per heavy atom. The Bertz CT molecular complexity index is 469. The predicted molar refractivity (Wildman–Crippen MR) is 84.5 cm³/mol. The van der Waals surface area contributed by atoms with Gasteiger partial charge in [-0.2, -0.15) is 0 Å². The summed E-state index contributed by atoms with van der Waals surface area (Å²) in [6, 6.07) is 2.88. The van der Waals surface area contributed by atoms with Crippen molar-refractivity contribution in [2.75, 3.05) is 18.9 Å². The van der Waals surface area contributed by atoms with Crippen molar-refractivity contribution in [3.05, 3.63) is 17.0 Å². The number of likely N-dealkylation sites (tertiary alicyclic amines) is 1. The molecule has 1 saturated heterocycles. The van der Waals surface area contributed by atoms with E-state index >= 15 is 0 Å². The lowest BCUT2D eigenvalue weighted by atomic mass is 9.95. The molecule has 1 fully saturated rings. The standard InChI is InChI=1S/C15H25ClN4/c1-10-8-11(6-7-20(10)5)17-13-9-12(16)18-14(19-13)15(2,3)4/h9-11H,6-8H2,1-5H3,(H,17,18,19). The Kier molecular flexibility index (Phi) is 4.55. The molecule has 2 rings (SSSR count). The summed E-state index contributed by atoms with van der Waals surface area (Å²) in [6.45, 7) is 9.67. The Morgan fingerprint density at radius 1 is 1.35 bits per heavy atom. The van der Waals surface area contributed by atoms with Crippen LogP contribution in [-0.2, 0) is 5.41 Å². The zero-order chi connectivity index (χ0) is 14.9. The average Bonchev–Trinajstić information content (AvgIpc) is 2.32. The molecule has 0 aromatic carbocycles. The molecule has 0 saturated carbocycles. The molecule has 1 aliphatic heterocycles. The Morgan fingerprint density at radius 3 is 2.65 bits per heavy atom. The monoisotopic (exact) mass is 296 g/mol. The molecule has 1 N–H and O–H groups in total. The van der Waals surface area contributed by atoms with Crippen LogP contribution in [0.15, 0.2) is 6.07 Å². The third kappa shape index (κ3) is 3.83. The normalized spacial score (nSPS) is 24.7. The van der Waals surface area contributed by atoms with Gasteiger partial charge in [-0.15, -0.1) is 0 Å². The number of halogens is 1. The summed E-state index contributed by atoms with van der Waals surface area (Å²) in [4.78, 5) is 11.3. The summed E-state index contributed by atoms with van der Waals surface area (Å²) in [5, 5.41) is 4.03. The fraction of sp³-hybridized carbons (Fsp3) is 0.733. The minimum Gasteiger partial charge on any atom is -0.367 e. The summed E-state index contributed by atoms with van der Waals surface area (Å²) in [5.41, 5.74) is -0.0958. The van der Waals surface area contributed by atoms with Gasteiger partial charge in [0, 0.05) is 30.1 Å². The van der Waals surface area contributed by atoms with Crippen molar-refractivity contribution in [2.45, 2.75) is 58.0 Å². The van der Waals surface area contributed by atoms with Crippen LogP contribution in [0.5, 0.6) is 0 Å². The first kappa shape index (κ1) is 15.5. The number of anilines is 1. The van der Waals surface area contributed by atoms with Crippen molar-refractivity contribution in [1.82, 2.24) is 14.9 Å². The van der Waals surface area contributed by atoms with Crippen molar-refractivity contribution in [3.8, 4) is 0 Å². The number of piperidine rings is 1. The van der Waals surface area contributed by atoms with Crippen LogP contribution in [0.2, 0.25) is 5.15 Å². The van der Waals surface area contributed by atoms with Gasteiger partial charge in [0.1, 0.15) is 16.8 Å². The molecule has 0 aliphatic carbocycles. The van der Waals surface area contributed by atoms with E-state index in [1.807, 2.05) is 6.07 Å². The van der Waals surface area contributed by atoms with E-state index in [4.69, 9.17) is 11.6 Å². The maximum absolute atomic E-state index is 6.13. The fourth-order valence-corrected chi connectivity index (χ4v) is 2.64.